The lowest BCUT2D eigenvalue weighted by molar-refractivity contribution is 0.462. The molecule has 1 aromatic carbocycles. The number of pyridine rings is 2. The molecule has 0 amide bonds. The van der Waals surface area contributed by atoms with Gasteiger partial charge in [0.15, 0.2) is 0 Å². The number of nitrogens with zero attached hydrogens (tertiary/aromatic N) is 2. The van der Waals surface area contributed by atoms with Crippen molar-refractivity contribution >= 4 is 49.2 Å². The van der Waals surface area contributed by atoms with Gasteiger partial charge in [0, 0.05) is 26.3 Å². The van der Waals surface area contributed by atoms with Crippen molar-refractivity contribution in [1.82, 2.24) is 9.97 Å². The monoisotopic (exact) mass is 322 g/mol. The number of benzene rings is 1. The standard InChI is InChI=1S/C13H8BrClN2O/c1-6-4-10-11(12(15)16-6)9-5-7(14)2-3-8(9)13(18)17-10/h2-5H,1H3,(H,17,18). The highest BCUT2D eigenvalue weighted by Gasteiger charge is 2.12. The number of hydrogen-bond acceptors (Lipinski definition) is 3. The van der Waals surface area contributed by atoms with Crippen LogP contribution in [0.5, 0.6) is 5.88 Å². The van der Waals surface area contributed by atoms with Gasteiger partial charge >= 0.3 is 0 Å². The number of hydrogen-bond donors (Lipinski definition) is 1. The van der Waals surface area contributed by atoms with E-state index in [9.17, 15) is 5.11 Å². The summed E-state index contributed by atoms with van der Waals surface area (Å²) in [5.74, 6) is 0.00617. The highest BCUT2D eigenvalue weighted by Crippen LogP contribution is 2.35. The predicted molar refractivity (Wildman–Crippen MR) is 76.2 cm³/mol. The molecule has 0 saturated heterocycles. The van der Waals surface area contributed by atoms with Gasteiger partial charge in [-0.3, -0.25) is 0 Å². The molecule has 3 nitrogen and oxygen atoms in total. The summed E-state index contributed by atoms with van der Waals surface area (Å²) in [6, 6.07) is 7.37. The van der Waals surface area contributed by atoms with Crippen LogP contribution >= 0.6 is 27.5 Å². The summed E-state index contributed by atoms with van der Waals surface area (Å²) < 4.78 is 0.915. The van der Waals surface area contributed by atoms with Crippen LogP contribution in [0, 0.1) is 6.92 Å². The van der Waals surface area contributed by atoms with Crippen molar-refractivity contribution in [1.29, 1.82) is 0 Å². The van der Waals surface area contributed by atoms with E-state index in [2.05, 4.69) is 25.9 Å². The van der Waals surface area contributed by atoms with Gasteiger partial charge in [-0.2, -0.15) is 0 Å². The van der Waals surface area contributed by atoms with E-state index in [1.54, 1.807) is 12.1 Å². The van der Waals surface area contributed by atoms with Crippen LogP contribution < -0.4 is 0 Å². The first-order valence-corrected chi connectivity index (χ1v) is 6.48. The Hall–Kier alpha value is -1.39. The maximum atomic E-state index is 9.95. The molecule has 2 heterocycles. The van der Waals surface area contributed by atoms with Crippen molar-refractivity contribution in [2.24, 2.45) is 0 Å². The zero-order valence-corrected chi connectivity index (χ0v) is 11.7. The third-order valence-electron chi connectivity index (χ3n) is 2.80. The molecule has 0 atom stereocenters. The van der Waals surface area contributed by atoms with E-state index in [-0.39, 0.29) is 5.88 Å². The molecular weight excluding hydrogens is 316 g/mol. The topological polar surface area (TPSA) is 46.0 Å². The Morgan fingerprint density at radius 1 is 1.17 bits per heavy atom. The minimum atomic E-state index is 0.00617. The van der Waals surface area contributed by atoms with Gasteiger partial charge in [0.2, 0.25) is 5.88 Å². The molecule has 3 rings (SSSR count). The summed E-state index contributed by atoms with van der Waals surface area (Å²) in [6.45, 7) is 1.84. The van der Waals surface area contributed by atoms with Gasteiger partial charge in [0.1, 0.15) is 5.15 Å². The fourth-order valence-electron chi connectivity index (χ4n) is 2.05. The largest absolute Gasteiger partial charge is 0.493 e. The molecule has 0 aliphatic heterocycles. The van der Waals surface area contributed by atoms with Crippen LogP contribution in [0.4, 0.5) is 0 Å². The second kappa shape index (κ2) is 4.07. The summed E-state index contributed by atoms with van der Waals surface area (Å²) in [4.78, 5) is 8.41. The minimum Gasteiger partial charge on any atom is -0.493 e. The van der Waals surface area contributed by atoms with E-state index >= 15 is 0 Å². The maximum Gasteiger partial charge on any atom is 0.219 e. The highest BCUT2D eigenvalue weighted by molar-refractivity contribution is 9.10. The fourth-order valence-corrected chi connectivity index (χ4v) is 2.74. The van der Waals surface area contributed by atoms with Crippen LogP contribution in [-0.4, -0.2) is 15.1 Å². The number of aromatic nitrogens is 2. The van der Waals surface area contributed by atoms with E-state index in [0.717, 1.165) is 20.9 Å². The average molecular weight is 324 g/mol. The molecule has 2 aromatic heterocycles. The Kier molecular flexibility index (Phi) is 2.64. The summed E-state index contributed by atoms with van der Waals surface area (Å²) in [7, 11) is 0. The molecule has 0 bridgehead atoms. The minimum absolute atomic E-state index is 0.00617. The second-order valence-corrected chi connectivity index (χ2v) is 5.35. The third kappa shape index (κ3) is 1.72. The van der Waals surface area contributed by atoms with Gasteiger partial charge < -0.3 is 5.11 Å². The van der Waals surface area contributed by atoms with E-state index in [0.29, 0.717) is 16.1 Å². The molecule has 0 fully saturated rings. The van der Waals surface area contributed by atoms with Gasteiger partial charge in [-0.25, -0.2) is 9.97 Å². The van der Waals surface area contributed by atoms with Crippen LogP contribution in [0.15, 0.2) is 28.7 Å². The fraction of sp³-hybridized carbons (Fsp3) is 0.0769. The molecule has 0 spiro atoms. The van der Waals surface area contributed by atoms with Crippen molar-refractivity contribution in [2.45, 2.75) is 6.92 Å². The smallest absolute Gasteiger partial charge is 0.219 e. The SMILES string of the molecule is Cc1cc2nc(O)c3ccc(Br)cc3c2c(Cl)n1. The Labute approximate surface area is 117 Å². The Balaban J connectivity index is 2.62. The molecule has 1 N–H and O–H groups in total. The number of halogens is 2. The maximum absolute atomic E-state index is 9.95. The van der Waals surface area contributed by atoms with Crippen molar-refractivity contribution in [3.8, 4) is 5.88 Å². The number of fused-ring (bicyclic) bond motifs is 3. The zero-order valence-electron chi connectivity index (χ0n) is 9.41. The lowest BCUT2D eigenvalue weighted by Crippen LogP contribution is -1.90. The molecule has 90 valence electrons. The summed E-state index contributed by atoms with van der Waals surface area (Å²) in [5.41, 5.74) is 1.42. The molecule has 0 unspecified atom stereocenters. The summed E-state index contributed by atoms with van der Waals surface area (Å²) >= 11 is 9.61. The van der Waals surface area contributed by atoms with Crippen LogP contribution in [-0.2, 0) is 0 Å². The number of rotatable bonds is 0. The molecule has 0 saturated carbocycles. The van der Waals surface area contributed by atoms with Crippen LogP contribution in [0.1, 0.15) is 5.69 Å². The van der Waals surface area contributed by atoms with Crippen molar-refractivity contribution in [2.75, 3.05) is 0 Å². The molecule has 0 radical (unpaired) electrons. The van der Waals surface area contributed by atoms with Gasteiger partial charge in [0.25, 0.3) is 0 Å². The highest BCUT2D eigenvalue weighted by atomic mass is 79.9. The Bertz CT molecular complexity index is 789. The molecule has 3 aromatic rings. The first kappa shape index (κ1) is 11.7. The van der Waals surface area contributed by atoms with E-state index in [4.69, 9.17) is 11.6 Å². The van der Waals surface area contributed by atoms with E-state index < -0.39 is 0 Å². The molecule has 0 aliphatic rings. The lowest BCUT2D eigenvalue weighted by atomic mass is 10.1. The number of aromatic hydroxyl groups is 1. The van der Waals surface area contributed by atoms with E-state index in [1.807, 2.05) is 19.1 Å². The van der Waals surface area contributed by atoms with Crippen molar-refractivity contribution < 1.29 is 5.11 Å². The predicted octanol–water partition coefficient (Wildman–Crippen LogP) is 4.21. The lowest BCUT2D eigenvalue weighted by Gasteiger charge is -2.08. The van der Waals surface area contributed by atoms with Crippen LogP contribution in [0.25, 0.3) is 21.7 Å². The van der Waals surface area contributed by atoms with Crippen molar-refractivity contribution in [3.63, 3.8) is 0 Å². The van der Waals surface area contributed by atoms with Crippen LogP contribution in [0.3, 0.4) is 0 Å². The van der Waals surface area contributed by atoms with Gasteiger partial charge in [-0.15, -0.1) is 0 Å². The summed E-state index contributed by atoms with van der Waals surface area (Å²) in [6.07, 6.45) is 0. The molecular formula is C13H8BrClN2O. The molecule has 5 heteroatoms. The second-order valence-electron chi connectivity index (χ2n) is 4.07. The normalized spacial score (nSPS) is 11.3. The zero-order chi connectivity index (χ0) is 12.9. The van der Waals surface area contributed by atoms with Gasteiger partial charge in [-0.1, -0.05) is 27.5 Å². The van der Waals surface area contributed by atoms with Crippen molar-refractivity contribution in [3.05, 3.63) is 39.6 Å². The van der Waals surface area contributed by atoms with Gasteiger partial charge in [0.05, 0.1) is 5.52 Å². The van der Waals surface area contributed by atoms with Crippen LogP contribution in [0.2, 0.25) is 5.15 Å². The Morgan fingerprint density at radius 3 is 2.72 bits per heavy atom. The molecule has 18 heavy (non-hydrogen) atoms. The Morgan fingerprint density at radius 2 is 1.94 bits per heavy atom. The number of aryl methyl sites for hydroxylation is 1. The average Bonchev–Trinajstić information content (AvgIpc) is 2.27. The third-order valence-corrected chi connectivity index (χ3v) is 3.57. The summed E-state index contributed by atoms with van der Waals surface area (Å²) in [5, 5.41) is 12.6. The van der Waals surface area contributed by atoms with E-state index in [1.165, 1.54) is 0 Å². The first-order valence-electron chi connectivity index (χ1n) is 5.31. The molecule has 0 aliphatic carbocycles. The quantitative estimate of drug-likeness (QED) is 0.498. The first-order chi connectivity index (χ1) is 8.56. The van der Waals surface area contributed by atoms with Gasteiger partial charge in [-0.05, 0) is 31.2 Å².